The predicted molar refractivity (Wildman–Crippen MR) is 114 cm³/mol. The Bertz CT molecular complexity index is 1040. The largest absolute Gasteiger partial charge is 0.462 e. The molecule has 4 rings (SSSR count). The molecule has 0 spiro atoms. The highest BCUT2D eigenvalue weighted by molar-refractivity contribution is 5.94. The minimum Gasteiger partial charge on any atom is -0.462 e. The van der Waals surface area contributed by atoms with Crippen molar-refractivity contribution in [2.75, 3.05) is 6.61 Å². The van der Waals surface area contributed by atoms with Crippen molar-refractivity contribution < 1.29 is 14.3 Å². The fraction of sp³-hybridized carbons (Fsp3) is 0.292. The van der Waals surface area contributed by atoms with Crippen LogP contribution in [-0.4, -0.2) is 28.3 Å². The summed E-state index contributed by atoms with van der Waals surface area (Å²) in [7, 11) is 0. The molecular formula is C24H25N3O3. The smallest absolute Gasteiger partial charge is 0.341 e. The van der Waals surface area contributed by atoms with E-state index < -0.39 is 0 Å². The van der Waals surface area contributed by atoms with E-state index in [1.165, 1.54) is 6.20 Å². The molecule has 2 aromatic carbocycles. The summed E-state index contributed by atoms with van der Waals surface area (Å²) in [6.07, 6.45) is 3.79. The lowest BCUT2D eigenvalue weighted by atomic mass is 10.0. The summed E-state index contributed by atoms with van der Waals surface area (Å²) < 4.78 is 6.73. The molecule has 1 aliphatic carbocycles. The van der Waals surface area contributed by atoms with Gasteiger partial charge in [-0.25, -0.2) is 9.48 Å². The second-order valence-corrected chi connectivity index (χ2v) is 7.52. The first-order chi connectivity index (χ1) is 14.6. The Hall–Kier alpha value is -3.41. The fourth-order valence-corrected chi connectivity index (χ4v) is 3.62. The molecule has 3 aromatic rings. The van der Waals surface area contributed by atoms with E-state index in [4.69, 9.17) is 4.74 Å². The summed E-state index contributed by atoms with van der Waals surface area (Å²) in [4.78, 5) is 24.9. The molecule has 6 heteroatoms. The van der Waals surface area contributed by atoms with Gasteiger partial charge in [0.1, 0.15) is 5.56 Å². The number of aromatic nitrogens is 2. The average Bonchev–Trinajstić information content (AvgIpc) is 3.54. The van der Waals surface area contributed by atoms with Gasteiger partial charge in [0, 0.05) is 5.56 Å². The van der Waals surface area contributed by atoms with Crippen LogP contribution in [-0.2, 0) is 4.74 Å². The zero-order chi connectivity index (χ0) is 21.1. The van der Waals surface area contributed by atoms with Gasteiger partial charge in [0.25, 0.3) is 5.91 Å². The molecule has 1 N–H and O–H groups in total. The molecule has 1 fully saturated rings. The van der Waals surface area contributed by atoms with Crippen LogP contribution < -0.4 is 5.32 Å². The van der Waals surface area contributed by atoms with Crippen LogP contribution in [0.2, 0.25) is 0 Å². The van der Waals surface area contributed by atoms with Crippen molar-refractivity contribution in [3.05, 3.63) is 83.2 Å². The molecule has 154 valence electrons. The highest BCUT2D eigenvalue weighted by atomic mass is 16.5. The van der Waals surface area contributed by atoms with E-state index in [2.05, 4.69) is 22.5 Å². The van der Waals surface area contributed by atoms with Crippen molar-refractivity contribution in [3.8, 4) is 5.69 Å². The number of ether oxygens (including phenoxy) is 1. The van der Waals surface area contributed by atoms with Crippen LogP contribution in [0.5, 0.6) is 0 Å². The van der Waals surface area contributed by atoms with Gasteiger partial charge in [-0.05, 0) is 62.4 Å². The van der Waals surface area contributed by atoms with E-state index >= 15 is 0 Å². The lowest BCUT2D eigenvalue weighted by Gasteiger charge is -2.19. The van der Waals surface area contributed by atoms with Gasteiger partial charge in [0.05, 0.1) is 30.2 Å². The van der Waals surface area contributed by atoms with Crippen molar-refractivity contribution in [2.24, 2.45) is 5.92 Å². The molecule has 1 amide bonds. The zero-order valence-electron chi connectivity index (χ0n) is 17.2. The molecule has 1 unspecified atom stereocenters. The summed E-state index contributed by atoms with van der Waals surface area (Å²) in [6, 6.07) is 17.4. The van der Waals surface area contributed by atoms with E-state index in [1.807, 2.05) is 37.3 Å². The van der Waals surface area contributed by atoms with Gasteiger partial charge in [-0.1, -0.05) is 30.3 Å². The van der Waals surface area contributed by atoms with Crippen LogP contribution in [0.3, 0.4) is 0 Å². The van der Waals surface area contributed by atoms with Gasteiger partial charge in [-0.15, -0.1) is 0 Å². The monoisotopic (exact) mass is 403 g/mol. The maximum atomic E-state index is 12.8. The van der Waals surface area contributed by atoms with Crippen molar-refractivity contribution >= 4 is 11.9 Å². The van der Waals surface area contributed by atoms with E-state index in [1.54, 1.807) is 23.7 Å². The minimum absolute atomic E-state index is 0.0406. The summed E-state index contributed by atoms with van der Waals surface area (Å²) in [5.41, 5.74) is 3.65. The third-order valence-electron chi connectivity index (χ3n) is 5.42. The number of hydrogen-bond donors (Lipinski definition) is 1. The van der Waals surface area contributed by atoms with Gasteiger partial charge >= 0.3 is 5.97 Å². The third kappa shape index (κ3) is 4.13. The highest BCUT2D eigenvalue weighted by Gasteiger charge is 2.33. The van der Waals surface area contributed by atoms with Crippen molar-refractivity contribution in [3.63, 3.8) is 0 Å². The molecule has 6 nitrogen and oxygen atoms in total. The molecule has 30 heavy (non-hydrogen) atoms. The molecular weight excluding hydrogens is 378 g/mol. The van der Waals surface area contributed by atoms with E-state index in [9.17, 15) is 9.59 Å². The van der Waals surface area contributed by atoms with Gasteiger partial charge in [0.2, 0.25) is 0 Å². The minimum atomic E-state index is -0.385. The Morgan fingerprint density at radius 3 is 2.47 bits per heavy atom. The van der Waals surface area contributed by atoms with Crippen molar-refractivity contribution in [2.45, 2.75) is 32.7 Å². The lowest BCUT2D eigenvalue weighted by molar-refractivity contribution is 0.0525. The number of carbonyl (C=O) groups is 2. The number of nitrogens with one attached hydrogen (secondary N) is 1. The van der Waals surface area contributed by atoms with Crippen LogP contribution in [0, 0.1) is 12.8 Å². The van der Waals surface area contributed by atoms with Crippen molar-refractivity contribution in [1.29, 1.82) is 0 Å². The van der Waals surface area contributed by atoms with Gasteiger partial charge in [0.15, 0.2) is 0 Å². The number of carbonyl (C=O) groups excluding carboxylic acids is 2. The topological polar surface area (TPSA) is 73.2 Å². The predicted octanol–water partition coefficient (Wildman–Crippen LogP) is 4.24. The first-order valence-electron chi connectivity index (χ1n) is 10.3. The first kappa shape index (κ1) is 19.9. The Morgan fingerprint density at radius 1 is 1.13 bits per heavy atom. The molecule has 1 atom stereocenters. The third-order valence-corrected chi connectivity index (χ3v) is 5.42. The van der Waals surface area contributed by atoms with Gasteiger partial charge in [-0.3, -0.25) is 4.79 Å². The first-order valence-corrected chi connectivity index (χ1v) is 10.3. The molecule has 1 heterocycles. The Kier molecular flexibility index (Phi) is 5.65. The standard InChI is InChI=1S/C24H25N3O3/c1-3-30-24(29)21-15-25-27(16(21)2)20-13-11-19(12-14-20)23(28)26-22(18-9-10-18)17-7-5-4-6-8-17/h4-8,11-15,18,22H,3,9-10H2,1-2H3,(H,26,28). The maximum absolute atomic E-state index is 12.8. The quantitative estimate of drug-likeness (QED) is 0.599. The zero-order valence-corrected chi connectivity index (χ0v) is 17.2. The van der Waals surface area contributed by atoms with Crippen molar-refractivity contribution in [1.82, 2.24) is 15.1 Å². The number of nitrogens with zero attached hydrogens (tertiary/aromatic N) is 2. The molecule has 1 aromatic heterocycles. The summed E-state index contributed by atoms with van der Waals surface area (Å²) in [5, 5.41) is 7.49. The van der Waals surface area contributed by atoms with Crippen LogP contribution >= 0.6 is 0 Å². The summed E-state index contributed by atoms with van der Waals surface area (Å²) in [6.45, 7) is 3.91. The Morgan fingerprint density at radius 2 is 1.83 bits per heavy atom. The summed E-state index contributed by atoms with van der Waals surface area (Å²) in [5.74, 6) is 0.0274. The molecule has 0 radical (unpaired) electrons. The van der Waals surface area contributed by atoms with Crippen LogP contribution in [0.25, 0.3) is 5.69 Å². The highest BCUT2D eigenvalue weighted by Crippen LogP contribution is 2.41. The molecule has 0 aliphatic heterocycles. The second-order valence-electron chi connectivity index (χ2n) is 7.52. The molecule has 1 aliphatic rings. The Balaban J connectivity index is 1.50. The number of esters is 1. The maximum Gasteiger partial charge on any atom is 0.341 e. The normalized spacial score (nSPS) is 14.2. The van der Waals surface area contributed by atoms with Gasteiger partial charge < -0.3 is 10.1 Å². The molecule has 0 bridgehead atoms. The van der Waals surface area contributed by atoms with E-state index in [0.717, 1.165) is 24.1 Å². The fourth-order valence-electron chi connectivity index (χ4n) is 3.62. The van der Waals surface area contributed by atoms with Gasteiger partial charge in [-0.2, -0.15) is 5.10 Å². The van der Waals surface area contributed by atoms with E-state index in [0.29, 0.717) is 29.3 Å². The van der Waals surface area contributed by atoms with Crippen LogP contribution in [0.15, 0.2) is 60.8 Å². The van der Waals surface area contributed by atoms with Crippen LogP contribution in [0.1, 0.15) is 57.8 Å². The number of amides is 1. The average molecular weight is 403 g/mol. The van der Waals surface area contributed by atoms with E-state index in [-0.39, 0.29) is 17.9 Å². The molecule has 1 saturated carbocycles. The molecule has 0 saturated heterocycles. The summed E-state index contributed by atoms with van der Waals surface area (Å²) >= 11 is 0. The van der Waals surface area contributed by atoms with Crippen LogP contribution in [0.4, 0.5) is 0 Å². The number of rotatable bonds is 7. The second kappa shape index (κ2) is 8.53. The lowest BCUT2D eigenvalue weighted by Crippen LogP contribution is -2.29. The number of benzene rings is 2. The Labute approximate surface area is 175 Å². The SMILES string of the molecule is CCOC(=O)c1cnn(-c2ccc(C(=O)NC(c3ccccc3)C3CC3)cc2)c1C. The number of hydrogen-bond acceptors (Lipinski definition) is 4.